The Balaban J connectivity index is 1.19. The molecule has 2 atom stereocenters. The number of hydrogen-bond donors (Lipinski definition) is 2. The smallest absolute Gasteiger partial charge is 0.252 e. The molecule has 1 unspecified atom stereocenters. The van der Waals surface area contributed by atoms with Crippen molar-refractivity contribution in [1.82, 2.24) is 20.5 Å². The first-order valence-electron chi connectivity index (χ1n) is 16.3. The molecule has 3 aliphatic rings. The number of methoxy groups -OCH3 is 1. The van der Waals surface area contributed by atoms with Gasteiger partial charge in [0.15, 0.2) is 11.6 Å². The van der Waals surface area contributed by atoms with Crippen LogP contribution in [0.15, 0.2) is 54.2 Å². The fraction of sp³-hybridized carbons (Fsp3) is 0.444. The lowest BCUT2D eigenvalue weighted by atomic mass is 9.83. The summed E-state index contributed by atoms with van der Waals surface area (Å²) in [5, 5.41) is 6.86. The van der Waals surface area contributed by atoms with Crippen LogP contribution in [0.2, 0.25) is 5.02 Å². The molecule has 2 fully saturated rings. The van der Waals surface area contributed by atoms with Crippen molar-refractivity contribution in [2.45, 2.75) is 63.7 Å². The van der Waals surface area contributed by atoms with Crippen LogP contribution in [-0.4, -0.2) is 73.9 Å². The van der Waals surface area contributed by atoms with Gasteiger partial charge in [0.2, 0.25) is 5.88 Å². The lowest BCUT2D eigenvalue weighted by molar-refractivity contribution is -0.128. The number of hydrogen-bond acceptors (Lipinski definition) is 7. The van der Waals surface area contributed by atoms with Crippen molar-refractivity contribution in [2.75, 3.05) is 40.0 Å². The van der Waals surface area contributed by atoms with Gasteiger partial charge in [0.25, 0.3) is 5.91 Å². The maximum Gasteiger partial charge on any atom is 0.252 e. The van der Waals surface area contributed by atoms with E-state index >= 15 is 0 Å². The zero-order chi connectivity index (χ0) is 32.9. The van der Waals surface area contributed by atoms with Crippen LogP contribution in [0.1, 0.15) is 47.9 Å². The van der Waals surface area contributed by atoms with Gasteiger partial charge < -0.3 is 29.7 Å². The van der Waals surface area contributed by atoms with Crippen LogP contribution in [0.25, 0.3) is 5.57 Å². The van der Waals surface area contributed by atoms with Gasteiger partial charge in [-0.2, -0.15) is 0 Å². The number of aryl methyl sites for hydroxylation is 1. The first-order chi connectivity index (χ1) is 22.8. The molecule has 11 heteroatoms. The Bertz CT molecular complexity index is 1620. The molecule has 2 aromatic carbocycles. The molecule has 2 bridgehead atoms. The van der Waals surface area contributed by atoms with E-state index in [0.717, 1.165) is 71.3 Å². The molecule has 250 valence electrons. The highest BCUT2D eigenvalue weighted by molar-refractivity contribution is 6.32. The number of fused-ring (bicyclic) bond motifs is 2. The lowest BCUT2D eigenvalue weighted by Gasteiger charge is -2.41. The fourth-order valence-corrected chi connectivity index (χ4v) is 6.59. The number of aromatic nitrogens is 1. The number of pyridine rings is 1. The SMILES string of the molecule is COCCOc1nccc(CN(C(=O)C2=C(c3ccc(CCCOc4c(F)ccc(F)c4Cl)cc3)CC3CNC[C@H]2N3)C2CC2)c1C. The molecule has 1 amide bonds. The summed E-state index contributed by atoms with van der Waals surface area (Å²) in [7, 11) is 1.64. The van der Waals surface area contributed by atoms with Gasteiger partial charge in [-0.05, 0) is 79.5 Å². The van der Waals surface area contributed by atoms with E-state index in [0.29, 0.717) is 45.0 Å². The van der Waals surface area contributed by atoms with Crippen LogP contribution < -0.4 is 20.1 Å². The standard InChI is InChI=1S/C36H41ClF2N4O4/c1-22-25(13-14-41-35(22)47-17-16-45-2)21-43(27-9-10-27)36(44)32-28(18-26-19-40-20-31(32)42-26)24-7-5-23(6-8-24)4-3-15-46-34-30(39)12-11-29(38)33(34)37/h5-8,11-14,26-27,31,40,42H,3-4,9-10,15-21H2,1-2H3/t26?,31-/m1/s1. The van der Waals surface area contributed by atoms with Crippen LogP contribution in [0.4, 0.5) is 8.78 Å². The van der Waals surface area contributed by atoms with Crippen molar-refractivity contribution in [3.05, 3.63) is 93.1 Å². The van der Waals surface area contributed by atoms with Crippen LogP contribution in [0.3, 0.4) is 0 Å². The third kappa shape index (κ3) is 7.78. The van der Waals surface area contributed by atoms with Crippen LogP contribution in [0, 0.1) is 18.6 Å². The molecule has 6 rings (SSSR count). The van der Waals surface area contributed by atoms with E-state index in [1.54, 1.807) is 13.3 Å². The van der Waals surface area contributed by atoms with Crippen molar-refractivity contribution >= 4 is 23.1 Å². The van der Waals surface area contributed by atoms with Gasteiger partial charge in [0.1, 0.15) is 17.4 Å². The summed E-state index contributed by atoms with van der Waals surface area (Å²) in [4.78, 5) is 21.0. The van der Waals surface area contributed by atoms with E-state index in [-0.39, 0.29) is 41.4 Å². The van der Waals surface area contributed by atoms with Crippen LogP contribution >= 0.6 is 11.6 Å². The van der Waals surface area contributed by atoms with E-state index in [1.165, 1.54) is 0 Å². The number of nitrogens with zero attached hydrogens (tertiary/aromatic N) is 2. The summed E-state index contributed by atoms with van der Waals surface area (Å²) in [6.45, 7) is 5.11. The number of piperazine rings is 1. The van der Waals surface area contributed by atoms with Crippen molar-refractivity contribution in [1.29, 1.82) is 0 Å². The van der Waals surface area contributed by atoms with Gasteiger partial charge in [-0.25, -0.2) is 13.8 Å². The van der Waals surface area contributed by atoms with E-state index in [2.05, 4.69) is 39.9 Å². The zero-order valence-corrected chi connectivity index (χ0v) is 27.5. The van der Waals surface area contributed by atoms with Gasteiger partial charge in [-0.3, -0.25) is 4.79 Å². The summed E-state index contributed by atoms with van der Waals surface area (Å²) in [5.41, 5.74) is 6.01. The minimum absolute atomic E-state index is 0.0738. The fourth-order valence-electron chi connectivity index (χ4n) is 6.39. The predicted molar refractivity (Wildman–Crippen MR) is 177 cm³/mol. The average Bonchev–Trinajstić information content (AvgIpc) is 3.92. The number of nitrogens with one attached hydrogen (secondary N) is 2. The van der Waals surface area contributed by atoms with Gasteiger partial charge >= 0.3 is 0 Å². The van der Waals surface area contributed by atoms with Crippen molar-refractivity contribution in [3.63, 3.8) is 0 Å². The molecule has 0 radical (unpaired) electrons. The molecule has 1 saturated heterocycles. The number of amides is 1. The number of rotatable bonds is 14. The van der Waals surface area contributed by atoms with Crippen molar-refractivity contribution < 1.29 is 27.8 Å². The molecule has 2 aliphatic heterocycles. The Labute approximate surface area is 279 Å². The third-order valence-electron chi connectivity index (χ3n) is 9.08. The van der Waals surface area contributed by atoms with Crippen LogP contribution in [-0.2, 0) is 22.5 Å². The summed E-state index contributed by atoms with van der Waals surface area (Å²) in [6, 6.07) is 12.7. The number of halogens is 3. The second kappa shape index (κ2) is 15.1. The predicted octanol–water partition coefficient (Wildman–Crippen LogP) is 5.64. The Morgan fingerprint density at radius 3 is 2.57 bits per heavy atom. The monoisotopic (exact) mass is 666 g/mol. The highest BCUT2D eigenvalue weighted by Gasteiger charge is 2.41. The molecule has 3 aromatic rings. The Hall–Kier alpha value is -3.57. The first-order valence-corrected chi connectivity index (χ1v) is 16.6. The molecule has 8 nitrogen and oxygen atoms in total. The lowest BCUT2D eigenvalue weighted by Crippen LogP contribution is -2.60. The highest BCUT2D eigenvalue weighted by atomic mass is 35.5. The minimum Gasteiger partial charge on any atom is -0.489 e. The maximum absolute atomic E-state index is 14.6. The summed E-state index contributed by atoms with van der Waals surface area (Å²) in [5.74, 6) is -1.02. The molecule has 1 aromatic heterocycles. The zero-order valence-electron chi connectivity index (χ0n) is 26.8. The van der Waals surface area contributed by atoms with E-state index in [1.807, 2.05) is 17.9 Å². The third-order valence-corrected chi connectivity index (χ3v) is 9.43. The number of ether oxygens (including phenoxy) is 3. The molecular weight excluding hydrogens is 626 g/mol. The van der Waals surface area contributed by atoms with Gasteiger partial charge in [0.05, 0.1) is 19.3 Å². The van der Waals surface area contributed by atoms with Crippen molar-refractivity contribution in [3.8, 4) is 11.6 Å². The molecule has 3 heterocycles. The normalized spacial score (nSPS) is 19.1. The minimum atomic E-state index is -0.714. The highest BCUT2D eigenvalue weighted by Crippen LogP contribution is 2.37. The second-order valence-electron chi connectivity index (χ2n) is 12.4. The van der Waals surface area contributed by atoms with Gasteiger partial charge in [-0.1, -0.05) is 35.9 Å². The summed E-state index contributed by atoms with van der Waals surface area (Å²) in [6.07, 6.45) is 5.76. The van der Waals surface area contributed by atoms with E-state index < -0.39 is 11.6 Å². The Morgan fingerprint density at radius 2 is 1.81 bits per heavy atom. The largest absolute Gasteiger partial charge is 0.489 e. The molecule has 1 aliphatic carbocycles. The quantitative estimate of drug-likeness (QED) is 0.170. The van der Waals surface area contributed by atoms with Gasteiger partial charge in [-0.15, -0.1) is 0 Å². The van der Waals surface area contributed by atoms with Crippen LogP contribution in [0.5, 0.6) is 11.6 Å². The number of carbonyl (C=O) groups excluding carboxylic acids is 1. The van der Waals surface area contributed by atoms with E-state index in [9.17, 15) is 13.6 Å². The summed E-state index contributed by atoms with van der Waals surface area (Å²) < 4.78 is 44.2. The molecule has 0 spiro atoms. The van der Waals surface area contributed by atoms with Crippen molar-refractivity contribution in [2.24, 2.45) is 0 Å². The number of benzene rings is 2. The van der Waals surface area contributed by atoms with E-state index in [4.69, 9.17) is 25.8 Å². The van der Waals surface area contributed by atoms with Gasteiger partial charge in [0, 0.05) is 56.2 Å². The maximum atomic E-state index is 14.6. The second-order valence-corrected chi connectivity index (χ2v) is 12.8. The Kier molecular flexibility index (Phi) is 10.7. The topological polar surface area (TPSA) is 85.0 Å². The molecule has 47 heavy (non-hydrogen) atoms. The summed E-state index contributed by atoms with van der Waals surface area (Å²) >= 11 is 5.88. The molecule has 1 saturated carbocycles. The average molecular weight is 667 g/mol. The number of carbonyl (C=O) groups is 1. The first kappa shape index (κ1) is 33.3. The molecule has 2 N–H and O–H groups in total. The Morgan fingerprint density at radius 1 is 1.02 bits per heavy atom. The molecular formula is C36H41ClF2N4O4.